The average molecular weight is 367 g/mol. The molecule has 0 bridgehead atoms. The zero-order valence-electron chi connectivity index (χ0n) is 14.6. The Morgan fingerprint density at radius 3 is 2.46 bits per heavy atom. The Bertz CT molecular complexity index is 818. The second-order valence-corrected chi connectivity index (χ2v) is 6.70. The van der Waals surface area contributed by atoms with Gasteiger partial charge in [0.25, 0.3) is 5.91 Å². The van der Waals surface area contributed by atoms with E-state index in [4.69, 9.17) is 9.47 Å². The summed E-state index contributed by atoms with van der Waals surface area (Å²) in [7, 11) is 0. The largest absolute Gasteiger partial charge is 0.490 e. The first-order valence-electron chi connectivity index (χ1n) is 8.48. The Hall–Kier alpha value is -2.79. The maximum Gasteiger partial charge on any atom is 0.255 e. The van der Waals surface area contributed by atoms with Crippen LogP contribution >= 0.6 is 11.3 Å². The van der Waals surface area contributed by atoms with E-state index in [9.17, 15) is 4.79 Å². The van der Waals surface area contributed by atoms with Crippen LogP contribution in [0.5, 0.6) is 11.5 Å². The van der Waals surface area contributed by atoms with Crippen LogP contribution in [0.3, 0.4) is 0 Å². The zero-order valence-corrected chi connectivity index (χ0v) is 15.4. The standard InChI is InChI=1S/C21H21NO3S/c1-16(20-12-7-15-26-20)22-21(23)18-10-5-6-11-19(18)25-14-13-24-17-8-3-2-4-9-17/h2-12,15-16H,13-14H2,1H3,(H,22,23)/t16-/m1/s1. The van der Waals surface area contributed by atoms with E-state index in [0.29, 0.717) is 24.5 Å². The number of nitrogens with one attached hydrogen (secondary N) is 1. The monoisotopic (exact) mass is 367 g/mol. The van der Waals surface area contributed by atoms with E-state index < -0.39 is 0 Å². The van der Waals surface area contributed by atoms with Crippen molar-refractivity contribution in [2.24, 2.45) is 0 Å². The molecule has 0 spiro atoms. The Morgan fingerprint density at radius 1 is 0.962 bits per heavy atom. The number of ether oxygens (including phenoxy) is 2. The molecule has 0 aliphatic rings. The highest BCUT2D eigenvalue weighted by Gasteiger charge is 2.16. The van der Waals surface area contributed by atoms with E-state index in [1.54, 1.807) is 23.5 Å². The van der Waals surface area contributed by atoms with Crippen LogP contribution in [0.25, 0.3) is 0 Å². The van der Waals surface area contributed by atoms with E-state index in [1.807, 2.05) is 66.9 Å². The van der Waals surface area contributed by atoms with Gasteiger partial charge in [0.05, 0.1) is 11.6 Å². The molecule has 3 aromatic rings. The molecule has 26 heavy (non-hydrogen) atoms. The number of carbonyl (C=O) groups excluding carboxylic acids is 1. The molecule has 0 unspecified atom stereocenters. The lowest BCUT2D eigenvalue weighted by Crippen LogP contribution is -2.26. The minimum atomic E-state index is -0.148. The van der Waals surface area contributed by atoms with Crippen molar-refractivity contribution >= 4 is 17.2 Å². The van der Waals surface area contributed by atoms with Gasteiger partial charge in [0.2, 0.25) is 0 Å². The van der Waals surface area contributed by atoms with E-state index >= 15 is 0 Å². The van der Waals surface area contributed by atoms with Crippen molar-refractivity contribution in [3.63, 3.8) is 0 Å². The summed E-state index contributed by atoms with van der Waals surface area (Å²) in [5.74, 6) is 1.21. The molecule has 4 nitrogen and oxygen atoms in total. The van der Waals surface area contributed by atoms with Gasteiger partial charge in [-0.15, -0.1) is 11.3 Å². The lowest BCUT2D eigenvalue weighted by molar-refractivity contribution is 0.0935. The maximum absolute atomic E-state index is 12.6. The van der Waals surface area contributed by atoms with Gasteiger partial charge in [0, 0.05) is 4.88 Å². The second-order valence-electron chi connectivity index (χ2n) is 5.72. The molecule has 1 heterocycles. The minimum Gasteiger partial charge on any atom is -0.490 e. The van der Waals surface area contributed by atoms with Gasteiger partial charge in [-0.2, -0.15) is 0 Å². The smallest absolute Gasteiger partial charge is 0.255 e. The molecule has 1 atom stereocenters. The van der Waals surface area contributed by atoms with Crippen molar-refractivity contribution in [3.8, 4) is 11.5 Å². The highest BCUT2D eigenvalue weighted by atomic mass is 32.1. The van der Waals surface area contributed by atoms with Crippen molar-refractivity contribution in [3.05, 3.63) is 82.6 Å². The van der Waals surface area contributed by atoms with Gasteiger partial charge in [-0.25, -0.2) is 0 Å². The highest BCUT2D eigenvalue weighted by molar-refractivity contribution is 7.10. The molecule has 0 fully saturated rings. The summed E-state index contributed by atoms with van der Waals surface area (Å²) < 4.78 is 11.4. The van der Waals surface area contributed by atoms with E-state index in [2.05, 4.69) is 5.32 Å². The number of amides is 1. The van der Waals surface area contributed by atoms with E-state index in [0.717, 1.165) is 10.6 Å². The summed E-state index contributed by atoms with van der Waals surface area (Å²) in [6.45, 7) is 2.74. The fraction of sp³-hybridized carbons (Fsp3) is 0.190. The van der Waals surface area contributed by atoms with Crippen LogP contribution < -0.4 is 14.8 Å². The molecular formula is C21H21NO3S. The highest BCUT2D eigenvalue weighted by Crippen LogP contribution is 2.22. The third-order valence-corrected chi connectivity index (χ3v) is 4.86. The van der Waals surface area contributed by atoms with Crippen LogP contribution in [0.1, 0.15) is 28.2 Å². The summed E-state index contributed by atoms with van der Waals surface area (Å²) in [6.07, 6.45) is 0. The molecular weight excluding hydrogens is 346 g/mol. The molecule has 0 radical (unpaired) electrons. The predicted molar refractivity (Wildman–Crippen MR) is 104 cm³/mol. The number of para-hydroxylation sites is 2. The normalized spacial score (nSPS) is 11.6. The van der Waals surface area contributed by atoms with Gasteiger partial charge in [0.1, 0.15) is 24.7 Å². The first-order chi connectivity index (χ1) is 12.7. The van der Waals surface area contributed by atoms with Crippen LogP contribution in [0.15, 0.2) is 72.1 Å². The third-order valence-electron chi connectivity index (χ3n) is 3.80. The fourth-order valence-corrected chi connectivity index (χ4v) is 3.23. The fourth-order valence-electron chi connectivity index (χ4n) is 2.49. The molecule has 0 aliphatic carbocycles. The summed E-state index contributed by atoms with van der Waals surface area (Å²) in [4.78, 5) is 13.7. The molecule has 0 saturated heterocycles. The lowest BCUT2D eigenvalue weighted by atomic mass is 10.1. The van der Waals surface area contributed by atoms with Gasteiger partial charge in [-0.3, -0.25) is 4.79 Å². The van der Waals surface area contributed by atoms with Crippen LogP contribution in [0.4, 0.5) is 0 Å². The van der Waals surface area contributed by atoms with Crippen LogP contribution in [0, 0.1) is 0 Å². The number of thiophene rings is 1. The van der Waals surface area contributed by atoms with Crippen molar-refractivity contribution in [1.29, 1.82) is 0 Å². The van der Waals surface area contributed by atoms with Crippen LogP contribution in [0.2, 0.25) is 0 Å². The van der Waals surface area contributed by atoms with Crippen molar-refractivity contribution in [2.45, 2.75) is 13.0 Å². The predicted octanol–water partition coefficient (Wildman–Crippen LogP) is 4.70. The molecule has 1 N–H and O–H groups in total. The number of benzene rings is 2. The molecule has 1 aromatic heterocycles. The van der Waals surface area contributed by atoms with Crippen molar-refractivity contribution in [2.75, 3.05) is 13.2 Å². The summed E-state index contributed by atoms with van der Waals surface area (Å²) >= 11 is 1.62. The summed E-state index contributed by atoms with van der Waals surface area (Å²) in [5.41, 5.74) is 0.524. The molecule has 134 valence electrons. The van der Waals surface area contributed by atoms with Crippen LogP contribution in [-0.2, 0) is 0 Å². The van der Waals surface area contributed by atoms with Gasteiger partial charge in [-0.1, -0.05) is 36.4 Å². The van der Waals surface area contributed by atoms with Crippen molar-refractivity contribution < 1.29 is 14.3 Å². The summed E-state index contributed by atoms with van der Waals surface area (Å²) in [5, 5.41) is 5.02. The third kappa shape index (κ3) is 4.86. The first kappa shape index (κ1) is 18.0. The van der Waals surface area contributed by atoms with Gasteiger partial charge >= 0.3 is 0 Å². The number of rotatable bonds is 8. The second kappa shape index (κ2) is 9.06. The quantitative estimate of drug-likeness (QED) is 0.587. The number of hydrogen-bond acceptors (Lipinski definition) is 4. The zero-order chi connectivity index (χ0) is 18.2. The maximum atomic E-state index is 12.6. The molecule has 5 heteroatoms. The number of hydrogen-bond donors (Lipinski definition) is 1. The van der Waals surface area contributed by atoms with Gasteiger partial charge in [-0.05, 0) is 42.6 Å². The Kier molecular flexibility index (Phi) is 6.28. The SMILES string of the molecule is C[C@@H](NC(=O)c1ccccc1OCCOc1ccccc1)c1cccs1. The molecule has 1 amide bonds. The minimum absolute atomic E-state index is 0.0445. The molecule has 3 rings (SSSR count). The summed E-state index contributed by atoms with van der Waals surface area (Å²) in [6, 6.07) is 20.8. The van der Waals surface area contributed by atoms with Crippen LogP contribution in [-0.4, -0.2) is 19.1 Å². The van der Waals surface area contributed by atoms with E-state index in [-0.39, 0.29) is 11.9 Å². The average Bonchev–Trinajstić information content (AvgIpc) is 3.21. The molecule has 0 saturated carbocycles. The molecule has 0 aliphatic heterocycles. The van der Waals surface area contributed by atoms with Crippen molar-refractivity contribution in [1.82, 2.24) is 5.32 Å². The Morgan fingerprint density at radius 2 is 1.69 bits per heavy atom. The van der Waals surface area contributed by atoms with Gasteiger partial charge < -0.3 is 14.8 Å². The number of carbonyl (C=O) groups is 1. The topological polar surface area (TPSA) is 47.6 Å². The Labute approximate surface area is 157 Å². The Balaban J connectivity index is 1.56. The molecule has 2 aromatic carbocycles. The van der Waals surface area contributed by atoms with Gasteiger partial charge in [0.15, 0.2) is 0 Å². The first-order valence-corrected chi connectivity index (χ1v) is 9.36. The van der Waals surface area contributed by atoms with E-state index in [1.165, 1.54) is 0 Å². The lowest BCUT2D eigenvalue weighted by Gasteiger charge is -2.15.